The Balaban J connectivity index is 1.81. The minimum Gasteiger partial charge on any atom is -0.462 e. The van der Waals surface area contributed by atoms with Crippen LogP contribution in [0.4, 0.5) is 0 Å². The number of hydrogen-bond donors (Lipinski definition) is 7. The predicted molar refractivity (Wildman–Crippen MR) is 280 cm³/mol. The molecular weight excluding hydrogens is 925 g/mol. The number of aliphatic hydroxyl groups excluding tert-OH is 7. The van der Waals surface area contributed by atoms with Crippen LogP contribution >= 0.6 is 0 Å². The summed E-state index contributed by atoms with van der Waals surface area (Å²) < 4.78 is 33.5. The summed E-state index contributed by atoms with van der Waals surface area (Å²) in [6, 6.07) is 0. The van der Waals surface area contributed by atoms with Gasteiger partial charge >= 0.3 is 11.9 Å². The molecule has 0 radical (unpaired) electrons. The molecule has 2 fully saturated rings. The molecule has 0 saturated carbocycles. The first kappa shape index (κ1) is 65.3. The van der Waals surface area contributed by atoms with E-state index in [0.717, 1.165) is 44.9 Å². The van der Waals surface area contributed by atoms with E-state index in [0.29, 0.717) is 19.3 Å². The molecule has 416 valence electrons. The molecule has 0 aromatic carbocycles. The van der Waals surface area contributed by atoms with Crippen LogP contribution in [-0.4, -0.2) is 142 Å². The predicted octanol–water partition coefficient (Wildman–Crippen LogP) is 8.83. The summed E-state index contributed by atoms with van der Waals surface area (Å²) >= 11 is 0. The molecule has 15 heteroatoms. The smallest absolute Gasteiger partial charge is 0.306 e. The van der Waals surface area contributed by atoms with Gasteiger partial charge in [0.05, 0.1) is 19.8 Å². The van der Waals surface area contributed by atoms with Crippen molar-refractivity contribution in [3.8, 4) is 0 Å². The molecule has 2 heterocycles. The van der Waals surface area contributed by atoms with Crippen molar-refractivity contribution in [2.24, 2.45) is 0 Å². The average molecular weight is 1020 g/mol. The number of unbranched alkanes of at least 4 members (excludes halogenated alkanes) is 19. The fraction of sp³-hybridized carbons (Fsp3) is 0.789. The summed E-state index contributed by atoms with van der Waals surface area (Å²) in [4.78, 5) is 25.8. The third-order valence-corrected chi connectivity index (χ3v) is 13.0. The van der Waals surface area contributed by atoms with Crippen LogP contribution in [0.2, 0.25) is 0 Å². The van der Waals surface area contributed by atoms with Crippen LogP contribution in [0, 0.1) is 0 Å². The maximum absolute atomic E-state index is 13.0. The highest BCUT2D eigenvalue weighted by atomic mass is 16.7. The Morgan fingerprint density at radius 1 is 0.444 bits per heavy atom. The number of hydrogen-bond acceptors (Lipinski definition) is 15. The summed E-state index contributed by atoms with van der Waals surface area (Å²) in [5, 5.41) is 72.2. The lowest BCUT2D eigenvalue weighted by Crippen LogP contribution is -2.61. The lowest BCUT2D eigenvalue weighted by atomic mass is 9.98. The zero-order chi connectivity index (χ0) is 52.4. The fourth-order valence-corrected chi connectivity index (χ4v) is 8.38. The molecule has 15 nitrogen and oxygen atoms in total. The molecule has 0 aliphatic carbocycles. The van der Waals surface area contributed by atoms with E-state index in [9.17, 15) is 45.3 Å². The number of carbonyl (C=O) groups excluding carboxylic acids is 2. The molecule has 2 rings (SSSR count). The first-order chi connectivity index (χ1) is 35.0. The molecule has 0 aromatic rings. The van der Waals surface area contributed by atoms with E-state index in [2.05, 4.69) is 68.5 Å². The molecule has 7 N–H and O–H groups in total. The van der Waals surface area contributed by atoms with Gasteiger partial charge in [0.15, 0.2) is 18.7 Å². The topological polar surface area (TPSA) is 231 Å². The number of esters is 2. The van der Waals surface area contributed by atoms with E-state index >= 15 is 0 Å². The van der Waals surface area contributed by atoms with Crippen molar-refractivity contribution in [1.29, 1.82) is 0 Å². The van der Waals surface area contributed by atoms with Crippen molar-refractivity contribution >= 4 is 11.9 Å². The molecule has 0 spiro atoms. The lowest BCUT2D eigenvalue weighted by Gasteiger charge is -2.42. The highest BCUT2D eigenvalue weighted by Crippen LogP contribution is 2.26. The monoisotopic (exact) mass is 1020 g/mol. The Bertz CT molecular complexity index is 1480. The molecule has 2 aliphatic heterocycles. The SMILES string of the molecule is CCCCCCCCC/C=C/C/C=C/C/C=C/C/C=C/CCCC(=O)OC[C@@H](CO[C@@H]1O[C@H](CO[C@@H]2O[C@H](CO)[C@H](O)C(O)C2O)[C@H](O)C(O)C1O)OC(=O)CCCC/C=C/CCCCCCCCCCC. The summed E-state index contributed by atoms with van der Waals surface area (Å²) in [5.74, 6) is -1.02. The van der Waals surface area contributed by atoms with Crippen molar-refractivity contribution < 1.29 is 73.8 Å². The van der Waals surface area contributed by atoms with Crippen molar-refractivity contribution in [3.05, 3.63) is 60.8 Å². The largest absolute Gasteiger partial charge is 0.462 e. The van der Waals surface area contributed by atoms with E-state index < -0.39 is 99.3 Å². The van der Waals surface area contributed by atoms with Gasteiger partial charge in [-0.15, -0.1) is 0 Å². The van der Waals surface area contributed by atoms with Gasteiger partial charge in [0.25, 0.3) is 0 Å². The second kappa shape index (κ2) is 43.4. The van der Waals surface area contributed by atoms with Crippen molar-refractivity contribution in [2.45, 2.75) is 261 Å². The van der Waals surface area contributed by atoms with Gasteiger partial charge in [-0.2, -0.15) is 0 Å². The minimum atomic E-state index is -1.78. The Morgan fingerprint density at radius 2 is 0.847 bits per heavy atom. The minimum absolute atomic E-state index is 0.122. The highest BCUT2D eigenvalue weighted by molar-refractivity contribution is 5.70. The third kappa shape index (κ3) is 30.5. The second-order valence-electron chi connectivity index (χ2n) is 19.4. The summed E-state index contributed by atoms with van der Waals surface area (Å²) in [5.41, 5.74) is 0. The molecule has 0 aromatic heterocycles. The fourth-order valence-electron chi connectivity index (χ4n) is 8.38. The van der Waals surface area contributed by atoms with Gasteiger partial charge in [0.1, 0.15) is 55.4 Å². The van der Waals surface area contributed by atoms with Gasteiger partial charge in [0, 0.05) is 12.8 Å². The lowest BCUT2D eigenvalue weighted by molar-refractivity contribution is -0.332. The van der Waals surface area contributed by atoms with Gasteiger partial charge in [-0.05, 0) is 77.0 Å². The van der Waals surface area contributed by atoms with Crippen LogP contribution in [-0.2, 0) is 38.0 Å². The van der Waals surface area contributed by atoms with Gasteiger partial charge < -0.3 is 64.2 Å². The maximum atomic E-state index is 13.0. The van der Waals surface area contributed by atoms with Gasteiger partial charge in [-0.3, -0.25) is 9.59 Å². The Kier molecular flexibility index (Phi) is 39.4. The summed E-state index contributed by atoms with van der Waals surface area (Å²) in [6.45, 7) is 2.51. The highest BCUT2D eigenvalue weighted by Gasteiger charge is 2.47. The first-order valence-electron chi connectivity index (χ1n) is 27.9. The molecule has 11 atom stereocenters. The Labute approximate surface area is 432 Å². The second-order valence-corrected chi connectivity index (χ2v) is 19.4. The normalized spacial score (nSPS) is 25.5. The zero-order valence-corrected chi connectivity index (χ0v) is 44.1. The van der Waals surface area contributed by atoms with Crippen LogP contribution < -0.4 is 0 Å². The number of aliphatic hydroxyl groups is 7. The molecular formula is C57H98O15. The quantitative estimate of drug-likeness (QED) is 0.0172. The maximum Gasteiger partial charge on any atom is 0.306 e. The van der Waals surface area contributed by atoms with Crippen LogP contribution in [0.1, 0.15) is 194 Å². The standard InChI is InChI=1S/C57H98O15/c1-3-5-7-9-11-13-15-17-19-20-21-22-23-24-26-27-29-31-33-35-37-39-48(59)67-42-45(70-49(60)40-38-36-34-32-30-28-25-18-16-14-12-10-8-6-4-2)43-68-56-55(66)53(64)51(62)47(72-56)44-69-57-54(65)52(63)50(61)46(41-58)71-57/h19-20,22-23,26-27,30-33,45-47,50-58,61-66H,3-18,21,24-25,28-29,34-44H2,1-2H3/b20-19+,23-22+,27-26+,32-30+,33-31+/t45-,46+,47+,50-,51-,52?,53?,54?,55?,56+,57+/m0/s1. The molecule has 0 bridgehead atoms. The average Bonchev–Trinajstić information content (AvgIpc) is 3.37. The van der Waals surface area contributed by atoms with Crippen LogP contribution in [0.25, 0.3) is 0 Å². The van der Waals surface area contributed by atoms with E-state index in [-0.39, 0.29) is 19.4 Å². The summed E-state index contributed by atoms with van der Waals surface area (Å²) in [7, 11) is 0. The first-order valence-corrected chi connectivity index (χ1v) is 27.9. The van der Waals surface area contributed by atoms with E-state index in [4.69, 9.17) is 28.4 Å². The van der Waals surface area contributed by atoms with E-state index in [1.807, 2.05) is 6.08 Å². The molecule has 72 heavy (non-hydrogen) atoms. The molecule has 0 amide bonds. The van der Waals surface area contributed by atoms with Crippen LogP contribution in [0.15, 0.2) is 60.8 Å². The molecule has 2 aliphatic rings. The van der Waals surface area contributed by atoms with Crippen molar-refractivity contribution in [3.63, 3.8) is 0 Å². The van der Waals surface area contributed by atoms with Gasteiger partial charge in [-0.25, -0.2) is 0 Å². The van der Waals surface area contributed by atoms with Gasteiger partial charge in [-0.1, -0.05) is 164 Å². The molecule has 4 unspecified atom stereocenters. The van der Waals surface area contributed by atoms with Gasteiger partial charge in [0.2, 0.25) is 0 Å². The molecule has 2 saturated heterocycles. The van der Waals surface area contributed by atoms with E-state index in [1.165, 1.54) is 103 Å². The summed E-state index contributed by atoms with van der Waals surface area (Å²) in [6.07, 6.45) is 34.0. The number of ether oxygens (including phenoxy) is 6. The third-order valence-electron chi connectivity index (χ3n) is 13.0. The van der Waals surface area contributed by atoms with E-state index in [1.54, 1.807) is 0 Å². The number of carbonyl (C=O) groups is 2. The Morgan fingerprint density at radius 3 is 1.36 bits per heavy atom. The number of allylic oxidation sites excluding steroid dienone is 10. The van der Waals surface area contributed by atoms with Crippen molar-refractivity contribution in [2.75, 3.05) is 26.4 Å². The Hall–Kier alpha value is -2.80. The van der Waals surface area contributed by atoms with Crippen molar-refractivity contribution in [1.82, 2.24) is 0 Å². The zero-order valence-electron chi connectivity index (χ0n) is 44.1. The van der Waals surface area contributed by atoms with Crippen LogP contribution in [0.5, 0.6) is 0 Å². The number of rotatable bonds is 43. The van der Waals surface area contributed by atoms with Crippen LogP contribution in [0.3, 0.4) is 0 Å².